The Labute approximate surface area is 117 Å². The molecule has 0 amide bonds. The van der Waals surface area contributed by atoms with Gasteiger partial charge in [-0.3, -0.25) is 4.90 Å². The van der Waals surface area contributed by atoms with E-state index in [1.54, 1.807) is 6.07 Å². The summed E-state index contributed by atoms with van der Waals surface area (Å²) < 4.78 is 13.2. The maximum Gasteiger partial charge on any atom is 0.125 e. The number of halogens is 2. The molecule has 0 aromatic heterocycles. The van der Waals surface area contributed by atoms with Gasteiger partial charge in [-0.05, 0) is 48.5 Å². The zero-order valence-corrected chi connectivity index (χ0v) is 11.5. The fourth-order valence-electron chi connectivity index (χ4n) is 2.08. The molecule has 0 radical (unpaired) electrons. The van der Waals surface area contributed by atoms with Crippen molar-refractivity contribution in [2.24, 2.45) is 0 Å². The highest BCUT2D eigenvalue weighted by Gasteiger charge is 2.04. The summed E-state index contributed by atoms with van der Waals surface area (Å²) >= 11 is 5.95. The smallest absolute Gasteiger partial charge is 0.125 e. The van der Waals surface area contributed by atoms with Crippen molar-refractivity contribution < 1.29 is 4.39 Å². The average molecular weight is 279 g/mol. The third kappa shape index (κ3) is 4.23. The Hall–Kier alpha value is -1.58. The molecule has 2 aromatic rings. The molecule has 2 rings (SSSR count). The van der Waals surface area contributed by atoms with Gasteiger partial charge in [0.2, 0.25) is 0 Å². The summed E-state index contributed by atoms with van der Waals surface area (Å²) in [4.78, 5) is 2.08. The van der Waals surface area contributed by atoms with Gasteiger partial charge in [0.15, 0.2) is 0 Å². The summed E-state index contributed by atoms with van der Waals surface area (Å²) in [6.07, 6.45) is 0. The van der Waals surface area contributed by atoms with Gasteiger partial charge in [-0.1, -0.05) is 23.7 Å². The van der Waals surface area contributed by atoms with E-state index in [2.05, 4.69) is 4.90 Å². The quantitative estimate of drug-likeness (QED) is 0.864. The zero-order chi connectivity index (χ0) is 13.8. The largest absolute Gasteiger partial charge is 0.399 e. The van der Waals surface area contributed by atoms with Crippen LogP contribution in [0.3, 0.4) is 0 Å². The molecule has 0 aliphatic carbocycles. The van der Waals surface area contributed by atoms with E-state index >= 15 is 0 Å². The fourth-order valence-corrected chi connectivity index (χ4v) is 2.29. The Morgan fingerprint density at radius 3 is 2.53 bits per heavy atom. The molecule has 19 heavy (non-hydrogen) atoms. The van der Waals surface area contributed by atoms with Crippen LogP contribution in [0.15, 0.2) is 42.5 Å². The van der Waals surface area contributed by atoms with Gasteiger partial charge in [-0.15, -0.1) is 0 Å². The normalized spacial score (nSPS) is 10.9. The topological polar surface area (TPSA) is 29.3 Å². The number of hydrogen-bond acceptors (Lipinski definition) is 2. The Morgan fingerprint density at radius 2 is 1.84 bits per heavy atom. The minimum atomic E-state index is -0.300. The standard InChI is InChI=1S/C15H16ClFN2/c1-19(9-11-3-2-4-13(16)5-11)10-12-6-14(17)8-15(18)7-12/h2-8H,9-10,18H2,1H3. The van der Waals surface area contributed by atoms with Crippen LogP contribution >= 0.6 is 11.6 Å². The van der Waals surface area contributed by atoms with Crippen LogP contribution in [0.25, 0.3) is 0 Å². The second-order valence-corrected chi connectivity index (χ2v) is 5.13. The molecule has 2 aromatic carbocycles. The molecule has 0 atom stereocenters. The number of rotatable bonds is 4. The lowest BCUT2D eigenvalue weighted by Gasteiger charge is -2.17. The number of benzene rings is 2. The average Bonchev–Trinajstić information content (AvgIpc) is 2.26. The lowest BCUT2D eigenvalue weighted by Crippen LogP contribution is -2.17. The van der Waals surface area contributed by atoms with Crippen LogP contribution in [-0.2, 0) is 13.1 Å². The van der Waals surface area contributed by atoms with E-state index in [4.69, 9.17) is 17.3 Å². The highest BCUT2D eigenvalue weighted by Crippen LogP contribution is 2.15. The van der Waals surface area contributed by atoms with Gasteiger partial charge in [-0.2, -0.15) is 0 Å². The first-order chi connectivity index (χ1) is 9.02. The number of nitrogens with zero attached hydrogens (tertiary/aromatic N) is 1. The van der Waals surface area contributed by atoms with Crippen molar-refractivity contribution in [1.82, 2.24) is 4.90 Å². The lowest BCUT2D eigenvalue weighted by molar-refractivity contribution is 0.318. The molecule has 0 fully saturated rings. The van der Waals surface area contributed by atoms with Crippen LogP contribution in [0.1, 0.15) is 11.1 Å². The van der Waals surface area contributed by atoms with Crippen molar-refractivity contribution >= 4 is 17.3 Å². The van der Waals surface area contributed by atoms with E-state index in [-0.39, 0.29) is 5.82 Å². The molecule has 2 N–H and O–H groups in total. The molecule has 0 unspecified atom stereocenters. The summed E-state index contributed by atoms with van der Waals surface area (Å²) in [5, 5.41) is 0.723. The zero-order valence-electron chi connectivity index (χ0n) is 10.7. The predicted molar refractivity (Wildman–Crippen MR) is 77.4 cm³/mol. The van der Waals surface area contributed by atoms with E-state index in [0.29, 0.717) is 12.2 Å². The van der Waals surface area contributed by atoms with Gasteiger partial charge in [0.05, 0.1) is 0 Å². The van der Waals surface area contributed by atoms with Crippen molar-refractivity contribution in [2.75, 3.05) is 12.8 Å². The van der Waals surface area contributed by atoms with Gasteiger partial charge in [0.25, 0.3) is 0 Å². The molecule has 0 spiro atoms. The van der Waals surface area contributed by atoms with Crippen LogP contribution < -0.4 is 5.73 Å². The monoisotopic (exact) mass is 278 g/mol. The molecule has 0 saturated carbocycles. The van der Waals surface area contributed by atoms with Crippen molar-refractivity contribution in [3.8, 4) is 0 Å². The summed E-state index contributed by atoms with van der Waals surface area (Å²) in [5.74, 6) is -0.300. The summed E-state index contributed by atoms with van der Waals surface area (Å²) in [6, 6.07) is 12.3. The van der Waals surface area contributed by atoms with Crippen LogP contribution in [0.4, 0.5) is 10.1 Å². The Morgan fingerprint density at radius 1 is 1.11 bits per heavy atom. The Bertz CT molecular complexity index is 552. The van der Waals surface area contributed by atoms with Crippen molar-refractivity contribution in [3.05, 3.63) is 64.4 Å². The molecule has 0 aliphatic heterocycles. The van der Waals surface area contributed by atoms with E-state index in [1.807, 2.05) is 31.3 Å². The van der Waals surface area contributed by atoms with Gasteiger partial charge in [-0.25, -0.2) is 4.39 Å². The molecular weight excluding hydrogens is 263 g/mol. The molecule has 0 saturated heterocycles. The third-order valence-corrected chi connectivity index (χ3v) is 3.01. The Kier molecular flexibility index (Phi) is 4.40. The van der Waals surface area contributed by atoms with Crippen LogP contribution in [0.2, 0.25) is 5.02 Å². The van der Waals surface area contributed by atoms with Crippen molar-refractivity contribution in [2.45, 2.75) is 13.1 Å². The minimum Gasteiger partial charge on any atom is -0.399 e. The first-order valence-electron chi connectivity index (χ1n) is 6.01. The van der Waals surface area contributed by atoms with Crippen LogP contribution in [0, 0.1) is 5.82 Å². The summed E-state index contributed by atoms with van der Waals surface area (Å²) in [7, 11) is 1.97. The van der Waals surface area contributed by atoms with E-state index in [9.17, 15) is 4.39 Å². The third-order valence-electron chi connectivity index (χ3n) is 2.77. The van der Waals surface area contributed by atoms with Crippen LogP contribution in [0.5, 0.6) is 0 Å². The highest BCUT2D eigenvalue weighted by molar-refractivity contribution is 6.30. The number of nitrogens with two attached hydrogens (primary N) is 1. The number of hydrogen-bond donors (Lipinski definition) is 1. The van der Waals surface area contributed by atoms with Crippen molar-refractivity contribution in [1.29, 1.82) is 0 Å². The molecule has 0 heterocycles. The maximum absolute atomic E-state index is 13.2. The molecule has 2 nitrogen and oxygen atoms in total. The molecule has 100 valence electrons. The highest BCUT2D eigenvalue weighted by atomic mass is 35.5. The molecule has 4 heteroatoms. The first-order valence-corrected chi connectivity index (χ1v) is 6.38. The predicted octanol–water partition coefficient (Wildman–Crippen LogP) is 3.69. The first kappa shape index (κ1) is 13.8. The summed E-state index contributed by atoms with van der Waals surface area (Å²) in [5.41, 5.74) is 8.07. The fraction of sp³-hybridized carbons (Fsp3) is 0.200. The molecule has 0 aliphatic rings. The summed E-state index contributed by atoms with van der Waals surface area (Å²) in [6.45, 7) is 1.38. The number of anilines is 1. The molecule has 0 bridgehead atoms. The Balaban J connectivity index is 2.03. The van der Waals surface area contributed by atoms with Gasteiger partial charge >= 0.3 is 0 Å². The number of nitrogen functional groups attached to an aromatic ring is 1. The van der Waals surface area contributed by atoms with Crippen molar-refractivity contribution in [3.63, 3.8) is 0 Å². The van der Waals surface area contributed by atoms with Crippen LogP contribution in [-0.4, -0.2) is 11.9 Å². The maximum atomic E-state index is 13.2. The minimum absolute atomic E-state index is 0.300. The molecular formula is C15H16ClFN2. The van der Waals surface area contributed by atoms with E-state index in [0.717, 1.165) is 22.7 Å². The van der Waals surface area contributed by atoms with Gasteiger partial charge in [0, 0.05) is 23.8 Å². The lowest BCUT2D eigenvalue weighted by atomic mass is 10.1. The van der Waals surface area contributed by atoms with E-state index in [1.165, 1.54) is 12.1 Å². The van der Waals surface area contributed by atoms with Gasteiger partial charge in [0.1, 0.15) is 5.82 Å². The second-order valence-electron chi connectivity index (χ2n) is 4.70. The second kappa shape index (κ2) is 6.04. The van der Waals surface area contributed by atoms with E-state index < -0.39 is 0 Å². The SMILES string of the molecule is CN(Cc1cc(N)cc(F)c1)Cc1cccc(Cl)c1. The van der Waals surface area contributed by atoms with Gasteiger partial charge < -0.3 is 5.73 Å².